The highest BCUT2D eigenvalue weighted by Crippen LogP contribution is 2.20. The highest BCUT2D eigenvalue weighted by atomic mass is 16.1. The molecule has 0 aliphatic rings. The lowest BCUT2D eigenvalue weighted by Gasteiger charge is -2.22. The van der Waals surface area contributed by atoms with E-state index < -0.39 is 0 Å². The van der Waals surface area contributed by atoms with Crippen LogP contribution in [-0.2, 0) is 4.79 Å². The molecule has 0 spiro atoms. The minimum atomic E-state index is -0.0890. The number of anilines is 2. The average molecular weight is 272 g/mol. The van der Waals surface area contributed by atoms with Crippen molar-refractivity contribution < 1.29 is 4.79 Å². The van der Waals surface area contributed by atoms with Crippen molar-refractivity contribution in [2.75, 3.05) is 31.3 Å². The van der Waals surface area contributed by atoms with Gasteiger partial charge >= 0.3 is 0 Å². The molecule has 5 heteroatoms. The van der Waals surface area contributed by atoms with Gasteiger partial charge in [0.2, 0.25) is 5.91 Å². The summed E-state index contributed by atoms with van der Waals surface area (Å²) < 4.78 is 0. The van der Waals surface area contributed by atoms with Gasteiger partial charge in [-0.3, -0.25) is 4.79 Å². The van der Waals surface area contributed by atoms with Crippen molar-refractivity contribution in [3.8, 4) is 0 Å². The van der Waals surface area contributed by atoms with Crippen molar-refractivity contribution in [3.63, 3.8) is 0 Å². The van der Waals surface area contributed by atoms with E-state index in [1.54, 1.807) is 7.05 Å². The molecule has 1 heterocycles. The SMILES string of the molecule is CNC(=O)C(C)CN(C)c1ccc2cc(N)ccc2n1. The van der Waals surface area contributed by atoms with Gasteiger partial charge in [-0.05, 0) is 30.3 Å². The molecule has 1 atom stereocenters. The first kappa shape index (κ1) is 14.1. The van der Waals surface area contributed by atoms with Crippen LogP contribution in [0.2, 0.25) is 0 Å². The van der Waals surface area contributed by atoms with E-state index in [1.807, 2.05) is 49.2 Å². The lowest BCUT2D eigenvalue weighted by molar-refractivity contribution is -0.123. The molecular weight excluding hydrogens is 252 g/mol. The van der Waals surface area contributed by atoms with Crippen LogP contribution in [0, 0.1) is 5.92 Å². The number of nitrogens with one attached hydrogen (secondary N) is 1. The van der Waals surface area contributed by atoms with Crippen molar-refractivity contribution in [1.82, 2.24) is 10.3 Å². The molecule has 0 fully saturated rings. The van der Waals surface area contributed by atoms with E-state index in [0.29, 0.717) is 6.54 Å². The lowest BCUT2D eigenvalue weighted by Crippen LogP contribution is -2.34. The zero-order chi connectivity index (χ0) is 14.7. The molecule has 1 aromatic carbocycles. The molecule has 0 saturated heterocycles. The first-order valence-electron chi connectivity index (χ1n) is 6.60. The summed E-state index contributed by atoms with van der Waals surface area (Å²) in [6.45, 7) is 2.52. The number of rotatable bonds is 4. The number of nitrogens with zero attached hydrogens (tertiary/aromatic N) is 2. The highest BCUT2D eigenvalue weighted by molar-refractivity contribution is 5.83. The molecule has 3 N–H and O–H groups in total. The summed E-state index contributed by atoms with van der Waals surface area (Å²) in [5, 5.41) is 3.67. The summed E-state index contributed by atoms with van der Waals surface area (Å²) in [4.78, 5) is 18.1. The van der Waals surface area contributed by atoms with Crippen molar-refractivity contribution in [2.45, 2.75) is 6.92 Å². The summed E-state index contributed by atoms with van der Waals surface area (Å²) in [6.07, 6.45) is 0. The van der Waals surface area contributed by atoms with E-state index in [9.17, 15) is 4.79 Å². The molecule has 1 unspecified atom stereocenters. The zero-order valence-electron chi connectivity index (χ0n) is 12.1. The Morgan fingerprint density at radius 3 is 2.85 bits per heavy atom. The van der Waals surface area contributed by atoms with E-state index in [2.05, 4.69) is 10.3 Å². The summed E-state index contributed by atoms with van der Waals surface area (Å²) in [5.41, 5.74) is 7.38. The Hall–Kier alpha value is -2.30. The van der Waals surface area contributed by atoms with Crippen LogP contribution in [0.25, 0.3) is 10.9 Å². The number of amides is 1. The van der Waals surface area contributed by atoms with Crippen molar-refractivity contribution in [3.05, 3.63) is 30.3 Å². The van der Waals surface area contributed by atoms with Crippen LogP contribution in [0.15, 0.2) is 30.3 Å². The lowest BCUT2D eigenvalue weighted by atomic mass is 10.1. The van der Waals surface area contributed by atoms with E-state index >= 15 is 0 Å². The van der Waals surface area contributed by atoms with Crippen LogP contribution in [0.3, 0.4) is 0 Å². The minimum absolute atomic E-state index is 0.0328. The Morgan fingerprint density at radius 1 is 1.40 bits per heavy atom. The third-order valence-electron chi connectivity index (χ3n) is 3.33. The number of nitrogens with two attached hydrogens (primary N) is 1. The summed E-state index contributed by atoms with van der Waals surface area (Å²) in [7, 11) is 3.59. The minimum Gasteiger partial charge on any atom is -0.399 e. The molecule has 106 valence electrons. The molecule has 0 aliphatic carbocycles. The van der Waals surface area contributed by atoms with Gasteiger partial charge in [0.05, 0.1) is 11.4 Å². The Balaban J connectivity index is 2.20. The van der Waals surface area contributed by atoms with Gasteiger partial charge < -0.3 is 16.0 Å². The second kappa shape index (κ2) is 5.77. The largest absolute Gasteiger partial charge is 0.399 e. The number of hydrogen-bond acceptors (Lipinski definition) is 4. The predicted molar refractivity (Wildman–Crippen MR) is 82.7 cm³/mol. The van der Waals surface area contributed by atoms with Gasteiger partial charge in [0.15, 0.2) is 0 Å². The Morgan fingerprint density at radius 2 is 2.15 bits per heavy atom. The van der Waals surface area contributed by atoms with Gasteiger partial charge in [0, 0.05) is 31.7 Å². The Labute approximate surface area is 118 Å². The molecule has 1 aromatic heterocycles. The normalized spacial score (nSPS) is 12.2. The number of pyridine rings is 1. The smallest absolute Gasteiger partial charge is 0.224 e. The molecule has 20 heavy (non-hydrogen) atoms. The maximum atomic E-state index is 11.6. The van der Waals surface area contributed by atoms with E-state index in [4.69, 9.17) is 5.73 Å². The fourth-order valence-electron chi connectivity index (χ4n) is 2.18. The number of aromatic nitrogens is 1. The maximum Gasteiger partial charge on any atom is 0.224 e. The third kappa shape index (κ3) is 2.99. The van der Waals surface area contributed by atoms with Gasteiger partial charge in [-0.1, -0.05) is 6.92 Å². The summed E-state index contributed by atoms with van der Waals surface area (Å²) >= 11 is 0. The molecule has 0 saturated carbocycles. The van der Waals surface area contributed by atoms with Gasteiger partial charge in [0.1, 0.15) is 5.82 Å². The Kier molecular flexibility index (Phi) is 4.08. The number of fused-ring (bicyclic) bond motifs is 1. The van der Waals surface area contributed by atoms with Gasteiger partial charge in [0.25, 0.3) is 0 Å². The quantitative estimate of drug-likeness (QED) is 0.830. The molecule has 0 bridgehead atoms. The van der Waals surface area contributed by atoms with Crippen LogP contribution < -0.4 is 16.0 Å². The number of benzene rings is 1. The maximum absolute atomic E-state index is 11.6. The molecule has 5 nitrogen and oxygen atoms in total. The predicted octanol–water partition coefficient (Wildman–Crippen LogP) is 1.64. The van der Waals surface area contributed by atoms with Crippen LogP contribution in [0.4, 0.5) is 11.5 Å². The average Bonchev–Trinajstić information content (AvgIpc) is 2.45. The number of carbonyl (C=O) groups is 1. The molecule has 0 aliphatic heterocycles. The number of nitrogen functional groups attached to an aromatic ring is 1. The Bertz CT molecular complexity index is 626. The first-order chi connectivity index (χ1) is 9.51. The molecule has 2 rings (SSSR count). The van der Waals surface area contributed by atoms with Gasteiger partial charge in [-0.15, -0.1) is 0 Å². The topological polar surface area (TPSA) is 71.2 Å². The van der Waals surface area contributed by atoms with Gasteiger partial charge in [-0.25, -0.2) is 4.98 Å². The molecule has 0 radical (unpaired) electrons. The fraction of sp³-hybridized carbons (Fsp3) is 0.333. The van der Waals surface area contributed by atoms with E-state index in [1.165, 1.54) is 0 Å². The van der Waals surface area contributed by atoms with Crippen molar-refractivity contribution >= 4 is 28.3 Å². The third-order valence-corrected chi connectivity index (χ3v) is 3.33. The van der Waals surface area contributed by atoms with Gasteiger partial charge in [-0.2, -0.15) is 0 Å². The van der Waals surface area contributed by atoms with Crippen LogP contribution >= 0.6 is 0 Å². The fourth-order valence-corrected chi connectivity index (χ4v) is 2.18. The van der Waals surface area contributed by atoms with Crippen molar-refractivity contribution in [1.29, 1.82) is 0 Å². The van der Waals surface area contributed by atoms with Crippen LogP contribution in [0.5, 0.6) is 0 Å². The highest BCUT2D eigenvalue weighted by Gasteiger charge is 2.14. The summed E-state index contributed by atoms with van der Waals surface area (Å²) in [6, 6.07) is 9.59. The zero-order valence-corrected chi connectivity index (χ0v) is 12.1. The van der Waals surface area contributed by atoms with Crippen LogP contribution in [-0.4, -0.2) is 31.5 Å². The van der Waals surface area contributed by atoms with Crippen molar-refractivity contribution in [2.24, 2.45) is 5.92 Å². The molecular formula is C15H20N4O. The number of hydrogen-bond donors (Lipinski definition) is 2. The monoisotopic (exact) mass is 272 g/mol. The summed E-state index contributed by atoms with van der Waals surface area (Å²) in [5.74, 6) is 0.789. The van der Waals surface area contributed by atoms with E-state index in [-0.39, 0.29) is 11.8 Å². The number of carbonyl (C=O) groups excluding carboxylic acids is 1. The standard InChI is InChI=1S/C15H20N4O/c1-10(15(20)17-2)9-19(3)14-7-4-11-8-12(16)5-6-13(11)18-14/h4-8,10H,9,16H2,1-3H3,(H,17,20). The molecule has 1 amide bonds. The van der Waals surface area contributed by atoms with E-state index in [0.717, 1.165) is 22.4 Å². The second-order valence-electron chi connectivity index (χ2n) is 5.02. The first-order valence-corrected chi connectivity index (χ1v) is 6.60. The molecule has 2 aromatic rings. The second-order valence-corrected chi connectivity index (χ2v) is 5.02. The van der Waals surface area contributed by atoms with Crippen LogP contribution in [0.1, 0.15) is 6.92 Å².